The fourth-order valence-electron chi connectivity index (χ4n) is 3.11. The van der Waals surface area contributed by atoms with Gasteiger partial charge < -0.3 is 15.8 Å². The van der Waals surface area contributed by atoms with E-state index in [-0.39, 0.29) is 18.0 Å². The Morgan fingerprint density at radius 2 is 2.00 bits per heavy atom. The lowest BCUT2D eigenvalue weighted by Crippen LogP contribution is -2.41. The lowest BCUT2D eigenvalue weighted by molar-refractivity contribution is -0.125. The monoisotopic (exact) mass is 341 g/mol. The number of carbonyl (C=O) groups is 1. The maximum atomic E-state index is 12.0. The number of nitrogens with one attached hydrogen (secondary N) is 1. The van der Waals surface area contributed by atoms with Crippen LogP contribution in [0.2, 0.25) is 0 Å². The number of amides is 1. The first-order valence-electron chi connectivity index (χ1n) is 8.27. The summed E-state index contributed by atoms with van der Waals surface area (Å²) in [7, 11) is 3.29. The molecule has 2 aromatic rings. The van der Waals surface area contributed by atoms with Crippen LogP contribution in [0.4, 0.5) is 0 Å². The number of aromatic nitrogens is 2. The zero-order valence-corrected chi connectivity index (χ0v) is 14.5. The van der Waals surface area contributed by atoms with Gasteiger partial charge in [0.05, 0.1) is 13.2 Å². The highest BCUT2D eigenvalue weighted by molar-refractivity contribution is 5.81. The van der Waals surface area contributed by atoms with Crippen LogP contribution >= 0.6 is 0 Å². The predicted molar refractivity (Wildman–Crippen MR) is 94.9 cm³/mol. The molecule has 2 atom stereocenters. The third-order valence-electron chi connectivity index (χ3n) is 4.42. The van der Waals surface area contributed by atoms with Crippen molar-refractivity contribution in [2.24, 2.45) is 5.73 Å². The number of methoxy groups -OCH3 is 1. The number of hydrogen-bond donors (Lipinski definition) is 2. The summed E-state index contributed by atoms with van der Waals surface area (Å²) in [5.41, 5.74) is 7.91. The zero-order valence-electron chi connectivity index (χ0n) is 14.5. The Morgan fingerprint density at radius 1 is 1.32 bits per heavy atom. The van der Waals surface area contributed by atoms with Crippen LogP contribution in [0, 0.1) is 0 Å². The van der Waals surface area contributed by atoms with E-state index in [0.29, 0.717) is 25.3 Å². The number of carbonyl (C=O) groups excluding carboxylic acids is 1. The van der Waals surface area contributed by atoms with Crippen molar-refractivity contribution < 1.29 is 9.53 Å². The van der Waals surface area contributed by atoms with Crippen molar-refractivity contribution in [3.63, 3.8) is 0 Å². The molecule has 7 nitrogen and oxygen atoms in total. The third kappa shape index (κ3) is 3.94. The predicted octanol–water partition coefficient (Wildman–Crippen LogP) is 0.800. The summed E-state index contributed by atoms with van der Waals surface area (Å²) in [5, 5.41) is 2.71. The minimum absolute atomic E-state index is 0.00345. The first-order chi connectivity index (χ1) is 12.1. The highest BCUT2D eigenvalue weighted by atomic mass is 16.5. The second-order valence-corrected chi connectivity index (χ2v) is 6.20. The lowest BCUT2D eigenvalue weighted by Gasteiger charge is -2.22. The smallest absolute Gasteiger partial charge is 0.237 e. The van der Waals surface area contributed by atoms with E-state index in [2.05, 4.69) is 20.2 Å². The SMILES string of the molecule is CNC(=O)[C@@H]1C[C@H](N)CN1Cc1cnc(-c2ccc(OC)cc2)nc1. The largest absolute Gasteiger partial charge is 0.497 e. The number of hydrogen-bond acceptors (Lipinski definition) is 6. The van der Waals surface area contributed by atoms with E-state index < -0.39 is 0 Å². The Morgan fingerprint density at radius 3 is 2.60 bits per heavy atom. The number of nitrogens with zero attached hydrogens (tertiary/aromatic N) is 3. The first kappa shape index (κ1) is 17.3. The van der Waals surface area contributed by atoms with Gasteiger partial charge in [-0.25, -0.2) is 9.97 Å². The zero-order chi connectivity index (χ0) is 17.8. The highest BCUT2D eigenvalue weighted by Crippen LogP contribution is 2.21. The fourth-order valence-corrected chi connectivity index (χ4v) is 3.11. The topological polar surface area (TPSA) is 93.4 Å². The highest BCUT2D eigenvalue weighted by Gasteiger charge is 2.34. The van der Waals surface area contributed by atoms with E-state index >= 15 is 0 Å². The summed E-state index contributed by atoms with van der Waals surface area (Å²) in [6.07, 6.45) is 4.28. The molecule has 1 amide bonds. The Kier molecular flexibility index (Phi) is 5.25. The number of likely N-dealkylation sites (N-methyl/N-ethyl adjacent to an activating group) is 1. The van der Waals surface area contributed by atoms with Crippen LogP contribution < -0.4 is 15.8 Å². The van der Waals surface area contributed by atoms with Crippen molar-refractivity contribution in [1.82, 2.24) is 20.2 Å². The Hall–Kier alpha value is -2.51. The summed E-state index contributed by atoms with van der Waals surface area (Å²) in [6, 6.07) is 7.44. The molecule has 132 valence electrons. The third-order valence-corrected chi connectivity index (χ3v) is 4.42. The molecule has 0 unspecified atom stereocenters. The number of benzene rings is 1. The second kappa shape index (κ2) is 7.58. The van der Waals surface area contributed by atoms with Gasteiger partial charge in [0.15, 0.2) is 5.82 Å². The molecule has 0 radical (unpaired) electrons. The maximum absolute atomic E-state index is 12.0. The molecule has 2 heterocycles. The van der Waals surface area contributed by atoms with Crippen LogP contribution in [-0.2, 0) is 11.3 Å². The van der Waals surface area contributed by atoms with Crippen LogP contribution in [0.25, 0.3) is 11.4 Å². The van der Waals surface area contributed by atoms with Gasteiger partial charge in [-0.2, -0.15) is 0 Å². The van der Waals surface area contributed by atoms with E-state index in [9.17, 15) is 4.79 Å². The molecule has 3 rings (SSSR count). The van der Waals surface area contributed by atoms with Crippen LogP contribution in [0.3, 0.4) is 0 Å². The summed E-state index contributed by atoms with van der Waals surface area (Å²) < 4.78 is 5.16. The molecule has 1 aromatic heterocycles. The lowest BCUT2D eigenvalue weighted by atomic mass is 10.1. The summed E-state index contributed by atoms with van der Waals surface area (Å²) in [4.78, 5) is 23.0. The van der Waals surface area contributed by atoms with Crippen LogP contribution in [0.15, 0.2) is 36.7 Å². The molecule has 1 aliphatic heterocycles. The van der Waals surface area contributed by atoms with Gasteiger partial charge in [-0.15, -0.1) is 0 Å². The molecule has 3 N–H and O–H groups in total. The van der Waals surface area contributed by atoms with Gasteiger partial charge >= 0.3 is 0 Å². The van der Waals surface area contributed by atoms with E-state index in [1.165, 1.54) is 0 Å². The molecule has 1 aromatic carbocycles. The van der Waals surface area contributed by atoms with Gasteiger partial charge in [-0.1, -0.05) is 0 Å². The minimum Gasteiger partial charge on any atom is -0.497 e. The number of likely N-dealkylation sites (tertiary alicyclic amines) is 1. The van der Waals surface area contributed by atoms with Crippen LogP contribution in [0.1, 0.15) is 12.0 Å². The molecule has 7 heteroatoms. The normalized spacial score (nSPS) is 20.4. The summed E-state index contributed by atoms with van der Waals surface area (Å²) in [5.74, 6) is 1.46. The summed E-state index contributed by atoms with van der Waals surface area (Å²) >= 11 is 0. The molecular formula is C18H23N5O2. The molecule has 25 heavy (non-hydrogen) atoms. The Bertz CT molecular complexity index is 717. The molecule has 0 bridgehead atoms. The first-order valence-corrected chi connectivity index (χ1v) is 8.27. The van der Waals surface area contributed by atoms with Gasteiger partial charge in [0.2, 0.25) is 5.91 Å². The average molecular weight is 341 g/mol. The maximum Gasteiger partial charge on any atom is 0.237 e. The van der Waals surface area contributed by atoms with Gasteiger partial charge in [0.1, 0.15) is 5.75 Å². The van der Waals surface area contributed by atoms with Gasteiger partial charge in [-0.3, -0.25) is 9.69 Å². The molecule has 0 spiro atoms. The second-order valence-electron chi connectivity index (χ2n) is 6.20. The number of ether oxygens (including phenoxy) is 1. The van der Waals surface area contributed by atoms with E-state index in [0.717, 1.165) is 16.9 Å². The van der Waals surface area contributed by atoms with E-state index in [1.54, 1.807) is 26.6 Å². The standard InChI is InChI=1S/C18H23N5O2/c1-20-18(24)16-7-14(19)11-23(16)10-12-8-21-17(22-9-12)13-3-5-15(25-2)6-4-13/h3-6,8-9,14,16H,7,10-11,19H2,1-2H3,(H,20,24)/t14-,16-/m0/s1. The molecule has 0 aliphatic carbocycles. The number of nitrogens with two attached hydrogens (primary N) is 1. The fraction of sp³-hybridized carbons (Fsp3) is 0.389. The van der Waals surface area contributed by atoms with Crippen molar-refractivity contribution in [3.05, 3.63) is 42.2 Å². The molecule has 0 saturated carbocycles. The van der Waals surface area contributed by atoms with Crippen molar-refractivity contribution in [2.75, 3.05) is 20.7 Å². The van der Waals surface area contributed by atoms with Crippen molar-refractivity contribution >= 4 is 5.91 Å². The Labute approximate surface area is 147 Å². The van der Waals surface area contributed by atoms with E-state index in [4.69, 9.17) is 10.5 Å². The van der Waals surface area contributed by atoms with Crippen molar-refractivity contribution in [2.45, 2.75) is 25.0 Å². The van der Waals surface area contributed by atoms with Crippen molar-refractivity contribution in [1.29, 1.82) is 0 Å². The van der Waals surface area contributed by atoms with Crippen molar-refractivity contribution in [3.8, 4) is 17.1 Å². The average Bonchev–Trinajstić information content (AvgIpc) is 3.02. The molecule has 1 aliphatic rings. The van der Waals surface area contributed by atoms with E-state index in [1.807, 2.05) is 24.3 Å². The molecule has 1 saturated heterocycles. The minimum atomic E-state index is -0.193. The van der Waals surface area contributed by atoms with Crippen LogP contribution in [0.5, 0.6) is 5.75 Å². The quantitative estimate of drug-likeness (QED) is 0.835. The summed E-state index contributed by atoms with van der Waals surface area (Å²) in [6.45, 7) is 1.30. The van der Waals surface area contributed by atoms with Gasteiger partial charge in [-0.05, 0) is 30.7 Å². The van der Waals surface area contributed by atoms with Gasteiger partial charge in [0.25, 0.3) is 0 Å². The van der Waals surface area contributed by atoms with Crippen LogP contribution in [-0.4, -0.2) is 53.6 Å². The number of rotatable bonds is 5. The molecule has 1 fully saturated rings. The molecular weight excluding hydrogens is 318 g/mol. The Balaban J connectivity index is 1.70. The van der Waals surface area contributed by atoms with Gasteiger partial charge in [0, 0.05) is 49.7 Å².